The molecule has 5 heteroatoms. The number of likely N-dealkylation sites (N-methyl/N-ethyl adjacent to an activating group) is 1. The summed E-state index contributed by atoms with van der Waals surface area (Å²) in [5.74, 6) is 0. The lowest BCUT2D eigenvalue weighted by atomic mass is 10.3. The average Bonchev–Trinajstić information content (AvgIpc) is 2.76. The normalized spacial score (nSPS) is 21.6. The summed E-state index contributed by atoms with van der Waals surface area (Å²) in [5, 5.41) is 4.50. The van der Waals surface area contributed by atoms with Crippen molar-refractivity contribution in [1.29, 1.82) is 0 Å². The lowest BCUT2D eigenvalue weighted by Crippen LogP contribution is -2.29. The molecule has 1 saturated heterocycles. The number of nitrogens with one attached hydrogen (secondary N) is 1. The van der Waals surface area contributed by atoms with Gasteiger partial charge in [-0.25, -0.2) is 4.98 Å². The molecule has 3 nitrogen and oxygen atoms in total. The number of halogens is 1. The first-order valence-corrected chi connectivity index (χ1v) is 5.90. The Bertz CT molecular complexity index is 303. The van der Waals surface area contributed by atoms with Crippen LogP contribution in [0.4, 0.5) is 0 Å². The van der Waals surface area contributed by atoms with E-state index in [0.717, 1.165) is 6.54 Å². The zero-order chi connectivity index (χ0) is 9.97. The Kier molecular flexibility index (Phi) is 4.99. The van der Waals surface area contributed by atoms with Crippen molar-refractivity contribution in [1.82, 2.24) is 15.2 Å². The molecule has 1 aromatic rings. The summed E-state index contributed by atoms with van der Waals surface area (Å²) >= 11 is 1.81. The maximum atomic E-state index is 4.27. The molecule has 2 rings (SSSR count). The summed E-state index contributed by atoms with van der Waals surface area (Å²) in [5.41, 5.74) is 0. The minimum Gasteiger partial charge on any atom is -0.316 e. The van der Waals surface area contributed by atoms with E-state index in [9.17, 15) is 0 Å². The second kappa shape index (κ2) is 5.80. The predicted molar refractivity (Wildman–Crippen MR) is 66.8 cm³/mol. The van der Waals surface area contributed by atoms with E-state index in [-0.39, 0.29) is 12.4 Å². The first kappa shape index (κ1) is 12.9. The second-order valence-corrected chi connectivity index (χ2v) is 5.17. The van der Waals surface area contributed by atoms with E-state index >= 15 is 0 Å². The molecule has 1 unspecified atom stereocenters. The molecule has 1 aliphatic rings. The highest BCUT2D eigenvalue weighted by Gasteiger charge is 2.20. The van der Waals surface area contributed by atoms with Gasteiger partial charge in [-0.15, -0.1) is 23.7 Å². The van der Waals surface area contributed by atoms with Crippen molar-refractivity contribution in [2.24, 2.45) is 0 Å². The highest BCUT2D eigenvalue weighted by Crippen LogP contribution is 2.17. The van der Waals surface area contributed by atoms with Crippen molar-refractivity contribution in [2.75, 3.05) is 20.1 Å². The summed E-state index contributed by atoms with van der Waals surface area (Å²) in [4.78, 5) is 8.16. The highest BCUT2D eigenvalue weighted by atomic mass is 35.5. The first-order valence-electron chi connectivity index (χ1n) is 5.09. The Morgan fingerprint density at radius 1 is 1.67 bits per heavy atom. The quantitative estimate of drug-likeness (QED) is 0.881. The number of rotatable bonds is 3. The molecule has 15 heavy (non-hydrogen) atoms. The fourth-order valence-electron chi connectivity index (χ4n) is 1.91. The Morgan fingerprint density at radius 3 is 3.00 bits per heavy atom. The first-order chi connectivity index (χ1) is 6.78. The van der Waals surface area contributed by atoms with Crippen LogP contribution in [0.3, 0.4) is 0 Å². The van der Waals surface area contributed by atoms with Gasteiger partial charge in [0.1, 0.15) is 0 Å². The van der Waals surface area contributed by atoms with Gasteiger partial charge >= 0.3 is 0 Å². The van der Waals surface area contributed by atoms with Crippen LogP contribution in [0.15, 0.2) is 6.20 Å². The summed E-state index contributed by atoms with van der Waals surface area (Å²) in [7, 11) is 2.05. The fourth-order valence-corrected chi connectivity index (χ4v) is 2.75. The van der Waals surface area contributed by atoms with Crippen molar-refractivity contribution < 1.29 is 0 Å². The summed E-state index contributed by atoms with van der Waals surface area (Å²) in [6.07, 6.45) is 3.28. The van der Waals surface area contributed by atoms with Crippen LogP contribution in [0.5, 0.6) is 0 Å². The van der Waals surface area contributed by atoms with Gasteiger partial charge in [-0.05, 0) is 20.4 Å². The summed E-state index contributed by atoms with van der Waals surface area (Å²) < 4.78 is 0. The molecule has 0 spiro atoms. The van der Waals surface area contributed by atoms with Gasteiger partial charge < -0.3 is 5.32 Å². The van der Waals surface area contributed by atoms with Gasteiger partial charge in [-0.1, -0.05) is 0 Å². The van der Waals surface area contributed by atoms with Crippen LogP contribution in [0.1, 0.15) is 16.3 Å². The molecule has 0 radical (unpaired) electrons. The molecule has 1 N–H and O–H groups in total. The third-order valence-electron chi connectivity index (χ3n) is 2.73. The molecule has 2 heterocycles. The third-order valence-corrected chi connectivity index (χ3v) is 3.63. The molecule has 0 aromatic carbocycles. The van der Waals surface area contributed by atoms with Crippen molar-refractivity contribution >= 4 is 23.7 Å². The van der Waals surface area contributed by atoms with E-state index in [0.29, 0.717) is 6.04 Å². The van der Waals surface area contributed by atoms with E-state index in [1.54, 1.807) is 0 Å². The maximum Gasteiger partial charge on any atom is 0.0897 e. The van der Waals surface area contributed by atoms with Gasteiger partial charge in [0.25, 0.3) is 0 Å². The van der Waals surface area contributed by atoms with Crippen LogP contribution in [0.25, 0.3) is 0 Å². The van der Waals surface area contributed by atoms with Crippen LogP contribution >= 0.6 is 23.7 Å². The molecular weight excluding hydrogens is 230 g/mol. The molecule has 0 bridgehead atoms. The number of nitrogens with zero attached hydrogens (tertiary/aromatic N) is 2. The lowest BCUT2D eigenvalue weighted by molar-refractivity contribution is 0.325. The molecule has 1 atom stereocenters. The number of thiazole rings is 1. The van der Waals surface area contributed by atoms with E-state index in [1.807, 2.05) is 24.6 Å². The second-order valence-electron chi connectivity index (χ2n) is 3.85. The summed E-state index contributed by atoms with van der Waals surface area (Å²) in [6, 6.07) is 0.684. The van der Waals surface area contributed by atoms with Crippen LogP contribution < -0.4 is 5.32 Å². The standard InChI is InChI=1S/C10H17N3S.ClH/c1-8-12-5-10(14-8)7-13-4-3-9(6-13)11-2;/h5,9,11H,3-4,6-7H2,1-2H3;1H. The number of likely N-dealkylation sites (tertiary alicyclic amines) is 1. The molecule has 1 aliphatic heterocycles. The van der Waals surface area contributed by atoms with Gasteiger partial charge in [-0.2, -0.15) is 0 Å². The SMILES string of the molecule is CNC1CCN(Cc2cnc(C)s2)C1.Cl. The monoisotopic (exact) mass is 247 g/mol. The average molecular weight is 248 g/mol. The lowest BCUT2D eigenvalue weighted by Gasteiger charge is -2.13. The Balaban J connectivity index is 0.00000112. The van der Waals surface area contributed by atoms with Gasteiger partial charge in [-0.3, -0.25) is 4.90 Å². The summed E-state index contributed by atoms with van der Waals surface area (Å²) in [6.45, 7) is 5.52. The molecule has 1 fully saturated rings. The van der Waals surface area contributed by atoms with Crippen molar-refractivity contribution in [2.45, 2.75) is 25.9 Å². The van der Waals surface area contributed by atoms with Gasteiger partial charge in [0.05, 0.1) is 5.01 Å². The minimum absolute atomic E-state index is 0. The zero-order valence-electron chi connectivity index (χ0n) is 9.19. The maximum absolute atomic E-state index is 4.27. The van der Waals surface area contributed by atoms with Crippen LogP contribution in [-0.4, -0.2) is 36.1 Å². The van der Waals surface area contributed by atoms with Gasteiger partial charge in [0.2, 0.25) is 0 Å². The molecule has 86 valence electrons. The van der Waals surface area contributed by atoms with Crippen LogP contribution in [0, 0.1) is 6.92 Å². The molecule has 0 amide bonds. The topological polar surface area (TPSA) is 28.2 Å². The predicted octanol–water partition coefficient (Wildman–Crippen LogP) is 1.67. The number of hydrogen-bond donors (Lipinski definition) is 1. The van der Waals surface area contributed by atoms with E-state index in [4.69, 9.17) is 0 Å². The Morgan fingerprint density at radius 2 is 2.47 bits per heavy atom. The zero-order valence-corrected chi connectivity index (χ0v) is 10.8. The highest BCUT2D eigenvalue weighted by molar-refractivity contribution is 7.11. The largest absolute Gasteiger partial charge is 0.316 e. The van der Waals surface area contributed by atoms with E-state index < -0.39 is 0 Å². The van der Waals surface area contributed by atoms with Gasteiger partial charge in [0.15, 0.2) is 0 Å². The molecule has 1 aromatic heterocycles. The van der Waals surface area contributed by atoms with E-state index in [2.05, 4.69) is 22.1 Å². The number of aromatic nitrogens is 1. The molecular formula is C10H18ClN3S. The molecule has 0 aliphatic carbocycles. The minimum atomic E-state index is 0. The number of hydrogen-bond acceptors (Lipinski definition) is 4. The van der Waals surface area contributed by atoms with E-state index in [1.165, 1.54) is 29.4 Å². The third kappa shape index (κ3) is 3.41. The van der Waals surface area contributed by atoms with Crippen molar-refractivity contribution in [3.05, 3.63) is 16.1 Å². The van der Waals surface area contributed by atoms with Crippen molar-refractivity contribution in [3.63, 3.8) is 0 Å². The van der Waals surface area contributed by atoms with Crippen molar-refractivity contribution in [3.8, 4) is 0 Å². The van der Waals surface area contributed by atoms with Gasteiger partial charge in [0, 0.05) is 36.8 Å². The Labute approximate surface area is 101 Å². The fraction of sp³-hybridized carbons (Fsp3) is 0.700. The van der Waals surface area contributed by atoms with Crippen LogP contribution in [-0.2, 0) is 6.54 Å². The Hall–Kier alpha value is -0.160. The smallest absolute Gasteiger partial charge is 0.0897 e. The molecule has 0 saturated carbocycles. The van der Waals surface area contributed by atoms with Crippen LogP contribution in [0.2, 0.25) is 0 Å². The number of aryl methyl sites for hydroxylation is 1.